The zero-order valence-corrected chi connectivity index (χ0v) is 13.2. The summed E-state index contributed by atoms with van der Waals surface area (Å²) in [4.78, 5) is 2.37. The van der Waals surface area contributed by atoms with Crippen molar-refractivity contribution >= 4 is 17.4 Å². The first-order valence-corrected chi connectivity index (χ1v) is 7.47. The summed E-state index contributed by atoms with van der Waals surface area (Å²) in [6, 6.07) is 5.62. The molecule has 5 nitrogen and oxygen atoms in total. The Hall–Kier alpha value is -1.30. The summed E-state index contributed by atoms with van der Waals surface area (Å²) >= 11 is 6.14. The van der Waals surface area contributed by atoms with Crippen molar-refractivity contribution in [3.63, 3.8) is 0 Å². The molecule has 1 unspecified atom stereocenters. The average molecular weight is 312 g/mol. The lowest BCUT2D eigenvalue weighted by Crippen LogP contribution is -2.47. The summed E-state index contributed by atoms with van der Waals surface area (Å²) in [6.07, 6.45) is 0.0460. The van der Waals surface area contributed by atoms with E-state index >= 15 is 0 Å². The minimum Gasteiger partial charge on any atom is -0.489 e. The van der Waals surface area contributed by atoms with Crippen LogP contribution in [-0.2, 0) is 4.74 Å². The smallest absolute Gasteiger partial charge is 0.138 e. The summed E-state index contributed by atoms with van der Waals surface area (Å²) in [5, 5.41) is 7.84. The normalized spacial score (nSPS) is 19.7. The number of morpholine rings is 1. The molecule has 0 aliphatic carbocycles. The van der Waals surface area contributed by atoms with Crippen molar-refractivity contribution in [3.05, 3.63) is 28.8 Å². The van der Waals surface area contributed by atoms with Crippen LogP contribution in [0.25, 0.3) is 0 Å². The highest BCUT2D eigenvalue weighted by Gasteiger charge is 2.22. The fourth-order valence-electron chi connectivity index (χ4n) is 2.28. The number of ether oxygens (including phenoxy) is 2. The first-order valence-electron chi connectivity index (χ1n) is 7.09. The van der Waals surface area contributed by atoms with Gasteiger partial charge in [-0.15, -0.1) is 0 Å². The Kier molecular flexibility index (Phi) is 5.45. The molecule has 1 aromatic carbocycles. The maximum Gasteiger partial charge on any atom is 0.138 e. The van der Waals surface area contributed by atoms with Crippen LogP contribution in [0.4, 0.5) is 0 Å². The second kappa shape index (κ2) is 7.11. The molecule has 0 bridgehead atoms. The Labute approximate surface area is 130 Å². The second-order valence-corrected chi connectivity index (χ2v) is 5.86. The Bertz CT molecular complexity index is 508. The van der Waals surface area contributed by atoms with Gasteiger partial charge in [0, 0.05) is 24.7 Å². The number of halogens is 1. The third-order valence-electron chi connectivity index (χ3n) is 3.57. The molecule has 1 aromatic rings. The largest absolute Gasteiger partial charge is 0.489 e. The standard InChI is InChI=1S/C15H22ClN3O2/c1-10(2)19-5-6-20-12(8-19)9-21-14-4-3-11(15(17)18)7-13(14)16/h3-4,7,10,12H,5-6,8-9H2,1-2H3,(H3,17,18). The number of nitrogens with two attached hydrogens (primary N) is 1. The van der Waals surface area contributed by atoms with E-state index in [1.807, 2.05) is 0 Å². The van der Waals surface area contributed by atoms with E-state index in [1.54, 1.807) is 18.2 Å². The number of nitrogen functional groups attached to an aromatic ring is 1. The first-order chi connectivity index (χ1) is 9.97. The molecule has 0 radical (unpaired) electrons. The van der Waals surface area contributed by atoms with Gasteiger partial charge in [-0.1, -0.05) is 11.6 Å². The number of nitrogens with zero attached hydrogens (tertiary/aromatic N) is 1. The number of benzene rings is 1. The number of hydrogen-bond donors (Lipinski definition) is 2. The predicted octanol–water partition coefficient (Wildman–Crippen LogP) is 2.11. The van der Waals surface area contributed by atoms with Crippen molar-refractivity contribution < 1.29 is 9.47 Å². The van der Waals surface area contributed by atoms with Gasteiger partial charge in [0.1, 0.15) is 24.3 Å². The van der Waals surface area contributed by atoms with Crippen molar-refractivity contribution in [2.75, 3.05) is 26.3 Å². The van der Waals surface area contributed by atoms with Crippen molar-refractivity contribution in [1.82, 2.24) is 4.90 Å². The molecule has 6 heteroatoms. The summed E-state index contributed by atoms with van der Waals surface area (Å²) in [6.45, 7) is 7.37. The van der Waals surface area contributed by atoms with E-state index in [9.17, 15) is 0 Å². The lowest BCUT2D eigenvalue weighted by molar-refractivity contribution is -0.0564. The predicted molar refractivity (Wildman–Crippen MR) is 84.4 cm³/mol. The molecule has 0 saturated carbocycles. The van der Waals surface area contributed by atoms with Gasteiger partial charge in [0.15, 0.2) is 0 Å². The highest BCUT2D eigenvalue weighted by molar-refractivity contribution is 6.32. The SMILES string of the molecule is CC(C)N1CCOC(COc2ccc(C(=N)N)cc2Cl)C1. The van der Waals surface area contributed by atoms with E-state index in [0.29, 0.717) is 29.0 Å². The van der Waals surface area contributed by atoms with E-state index in [1.165, 1.54) is 0 Å². The molecule has 0 aromatic heterocycles. The van der Waals surface area contributed by atoms with Crippen LogP contribution in [0.5, 0.6) is 5.75 Å². The van der Waals surface area contributed by atoms with Gasteiger partial charge in [0.2, 0.25) is 0 Å². The number of amidine groups is 1. The lowest BCUT2D eigenvalue weighted by Gasteiger charge is -2.35. The highest BCUT2D eigenvalue weighted by Crippen LogP contribution is 2.25. The quantitative estimate of drug-likeness (QED) is 0.645. The van der Waals surface area contributed by atoms with Crippen LogP contribution in [0.2, 0.25) is 5.02 Å². The van der Waals surface area contributed by atoms with E-state index in [0.717, 1.165) is 19.7 Å². The number of hydrogen-bond acceptors (Lipinski definition) is 4. The molecule has 1 heterocycles. The van der Waals surface area contributed by atoms with Crippen LogP contribution in [0.15, 0.2) is 18.2 Å². The van der Waals surface area contributed by atoms with Gasteiger partial charge in [-0.05, 0) is 32.0 Å². The third-order valence-corrected chi connectivity index (χ3v) is 3.86. The summed E-state index contributed by atoms with van der Waals surface area (Å²) in [5.74, 6) is 0.582. The first kappa shape index (κ1) is 16.1. The van der Waals surface area contributed by atoms with Gasteiger partial charge in [-0.2, -0.15) is 0 Å². The molecule has 3 N–H and O–H groups in total. The highest BCUT2D eigenvalue weighted by atomic mass is 35.5. The molecule has 1 fully saturated rings. The van der Waals surface area contributed by atoms with Crippen LogP contribution in [-0.4, -0.2) is 49.2 Å². The molecule has 0 spiro atoms. The van der Waals surface area contributed by atoms with Crippen LogP contribution >= 0.6 is 11.6 Å². The van der Waals surface area contributed by atoms with E-state index in [-0.39, 0.29) is 11.9 Å². The molecular formula is C15H22ClN3O2. The molecular weight excluding hydrogens is 290 g/mol. The Balaban J connectivity index is 1.92. The van der Waals surface area contributed by atoms with Crippen LogP contribution in [0.3, 0.4) is 0 Å². The number of rotatable bonds is 5. The van der Waals surface area contributed by atoms with Gasteiger partial charge in [0.25, 0.3) is 0 Å². The van der Waals surface area contributed by atoms with E-state index < -0.39 is 0 Å². The summed E-state index contributed by atoms with van der Waals surface area (Å²) < 4.78 is 11.5. The molecule has 1 atom stereocenters. The zero-order valence-electron chi connectivity index (χ0n) is 12.4. The molecule has 1 aliphatic rings. The maximum atomic E-state index is 7.38. The van der Waals surface area contributed by atoms with Crippen molar-refractivity contribution in [1.29, 1.82) is 5.41 Å². The van der Waals surface area contributed by atoms with E-state index in [4.69, 9.17) is 32.2 Å². The summed E-state index contributed by atoms with van der Waals surface area (Å²) in [5.41, 5.74) is 6.02. The number of nitrogens with one attached hydrogen (secondary N) is 1. The minimum atomic E-state index is -0.00774. The van der Waals surface area contributed by atoms with Crippen LogP contribution in [0.1, 0.15) is 19.4 Å². The van der Waals surface area contributed by atoms with Gasteiger partial charge >= 0.3 is 0 Å². The Morgan fingerprint density at radius 2 is 2.33 bits per heavy atom. The van der Waals surface area contributed by atoms with Crippen molar-refractivity contribution in [3.8, 4) is 5.75 Å². The van der Waals surface area contributed by atoms with Crippen molar-refractivity contribution in [2.45, 2.75) is 26.0 Å². The fraction of sp³-hybridized carbons (Fsp3) is 0.533. The molecule has 21 heavy (non-hydrogen) atoms. The fourth-order valence-corrected chi connectivity index (χ4v) is 2.52. The van der Waals surface area contributed by atoms with Crippen LogP contribution in [0, 0.1) is 5.41 Å². The third kappa shape index (κ3) is 4.33. The molecule has 116 valence electrons. The molecule has 0 amide bonds. The molecule has 1 aliphatic heterocycles. The van der Waals surface area contributed by atoms with Crippen LogP contribution < -0.4 is 10.5 Å². The summed E-state index contributed by atoms with van der Waals surface area (Å²) in [7, 11) is 0. The topological polar surface area (TPSA) is 71.6 Å². The van der Waals surface area contributed by atoms with Gasteiger partial charge in [-0.3, -0.25) is 10.3 Å². The maximum absolute atomic E-state index is 7.38. The zero-order chi connectivity index (χ0) is 15.4. The van der Waals surface area contributed by atoms with Gasteiger partial charge in [-0.25, -0.2) is 0 Å². The van der Waals surface area contributed by atoms with E-state index in [2.05, 4.69) is 18.7 Å². The average Bonchev–Trinajstić information content (AvgIpc) is 2.46. The van der Waals surface area contributed by atoms with Gasteiger partial charge in [0.05, 0.1) is 11.6 Å². The monoisotopic (exact) mass is 311 g/mol. The Morgan fingerprint density at radius 1 is 1.57 bits per heavy atom. The Morgan fingerprint density at radius 3 is 2.95 bits per heavy atom. The molecule has 2 rings (SSSR count). The lowest BCUT2D eigenvalue weighted by atomic mass is 10.2. The minimum absolute atomic E-state index is 0.00774. The molecule has 1 saturated heterocycles. The second-order valence-electron chi connectivity index (χ2n) is 5.45. The van der Waals surface area contributed by atoms with Gasteiger partial charge < -0.3 is 15.2 Å². The van der Waals surface area contributed by atoms with Crippen molar-refractivity contribution in [2.24, 2.45) is 5.73 Å².